The van der Waals surface area contributed by atoms with Crippen molar-refractivity contribution >= 4 is 34.1 Å². The molecule has 1 N–H and O–H groups in total. The molecule has 2 aromatic heterocycles. The summed E-state index contributed by atoms with van der Waals surface area (Å²) in [6.45, 7) is 4.34. The average Bonchev–Trinajstić information content (AvgIpc) is 2.75. The van der Waals surface area contributed by atoms with Gasteiger partial charge in [0.1, 0.15) is 5.69 Å². The van der Waals surface area contributed by atoms with Crippen molar-refractivity contribution < 1.29 is 4.79 Å². The highest BCUT2D eigenvalue weighted by molar-refractivity contribution is 6.05. The number of amides is 1. The number of rotatable bonds is 5. The molecule has 0 bridgehead atoms. The maximum absolute atomic E-state index is 13.1. The predicted molar refractivity (Wildman–Crippen MR) is 116 cm³/mol. The van der Waals surface area contributed by atoms with Crippen molar-refractivity contribution in [3.63, 3.8) is 0 Å². The molecule has 0 saturated carbocycles. The number of anilines is 3. The van der Waals surface area contributed by atoms with Gasteiger partial charge in [-0.2, -0.15) is 0 Å². The SMILES string of the molecule is CCN(C(=O)c1cc(C)nc(Nc2cccc3cccnc23)n1)c1ccccc1. The van der Waals surface area contributed by atoms with Gasteiger partial charge in [0.25, 0.3) is 5.91 Å². The standard InChI is InChI=1S/C23H21N5O/c1-3-28(18-11-5-4-6-12-18)22(29)20-15-16(2)25-23(27-20)26-19-13-7-9-17-10-8-14-24-21(17)19/h4-15H,3H2,1-2H3,(H,25,26,27). The molecular weight excluding hydrogens is 362 g/mol. The highest BCUT2D eigenvalue weighted by atomic mass is 16.2. The highest BCUT2D eigenvalue weighted by Gasteiger charge is 2.19. The Morgan fingerprint density at radius 3 is 2.59 bits per heavy atom. The van der Waals surface area contributed by atoms with E-state index in [0.29, 0.717) is 23.9 Å². The monoisotopic (exact) mass is 383 g/mol. The van der Waals surface area contributed by atoms with Gasteiger partial charge in [-0.3, -0.25) is 9.78 Å². The third kappa shape index (κ3) is 3.91. The van der Waals surface area contributed by atoms with Crippen LogP contribution in [0.3, 0.4) is 0 Å². The number of aromatic nitrogens is 3. The van der Waals surface area contributed by atoms with E-state index in [1.165, 1.54) is 0 Å². The normalized spacial score (nSPS) is 10.7. The van der Waals surface area contributed by atoms with Crippen molar-refractivity contribution in [2.75, 3.05) is 16.8 Å². The first kappa shape index (κ1) is 18.6. The van der Waals surface area contributed by atoms with Gasteiger partial charge in [-0.1, -0.05) is 36.4 Å². The van der Waals surface area contributed by atoms with Crippen molar-refractivity contribution in [2.45, 2.75) is 13.8 Å². The zero-order valence-electron chi connectivity index (χ0n) is 16.3. The Kier molecular flexibility index (Phi) is 5.16. The van der Waals surface area contributed by atoms with E-state index < -0.39 is 0 Å². The molecule has 4 rings (SSSR count). The lowest BCUT2D eigenvalue weighted by atomic mass is 10.2. The Bertz CT molecular complexity index is 1150. The third-order valence-corrected chi connectivity index (χ3v) is 4.58. The van der Waals surface area contributed by atoms with Crippen LogP contribution in [0.2, 0.25) is 0 Å². The Balaban J connectivity index is 1.68. The van der Waals surface area contributed by atoms with Crippen molar-refractivity contribution in [3.05, 3.63) is 84.3 Å². The number of hydrogen-bond donors (Lipinski definition) is 1. The topological polar surface area (TPSA) is 71.0 Å². The molecule has 4 aromatic rings. The zero-order valence-corrected chi connectivity index (χ0v) is 16.3. The molecule has 0 atom stereocenters. The average molecular weight is 383 g/mol. The van der Waals surface area contributed by atoms with E-state index in [1.54, 1.807) is 17.2 Å². The lowest BCUT2D eigenvalue weighted by molar-refractivity contribution is 0.0983. The molecule has 0 aliphatic carbocycles. The lowest BCUT2D eigenvalue weighted by Crippen LogP contribution is -2.31. The summed E-state index contributed by atoms with van der Waals surface area (Å²) in [5.74, 6) is 0.207. The Morgan fingerprint density at radius 1 is 1.00 bits per heavy atom. The van der Waals surface area contributed by atoms with Gasteiger partial charge >= 0.3 is 0 Å². The van der Waals surface area contributed by atoms with Crippen molar-refractivity contribution in [1.29, 1.82) is 0 Å². The molecule has 0 fully saturated rings. The molecular formula is C23H21N5O. The van der Waals surface area contributed by atoms with Crippen LogP contribution in [0.1, 0.15) is 23.1 Å². The van der Waals surface area contributed by atoms with E-state index in [2.05, 4.69) is 20.3 Å². The van der Waals surface area contributed by atoms with Crippen LogP contribution in [0.5, 0.6) is 0 Å². The number of nitrogens with zero attached hydrogens (tertiary/aromatic N) is 4. The largest absolute Gasteiger partial charge is 0.322 e. The van der Waals surface area contributed by atoms with Gasteiger partial charge in [0.15, 0.2) is 0 Å². The Morgan fingerprint density at radius 2 is 1.79 bits per heavy atom. The molecule has 144 valence electrons. The van der Waals surface area contributed by atoms with E-state index in [-0.39, 0.29) is 5.91 Å². The van der Waals surface area contributed by atoms with Gasteiger partial charge in [0.05, 0.1) is 11.2 Å². The molecule has 0 radical (unpaired) electrons. The van der Waals surface area contributed by atoms with Gasteiger partial charge in [0, 0.05) is 29.5 Å². The molecule has 6 heteroatoms. The minimum atomic E-state index is -0.164. The number of pyridine rings is 1. The summed E-state index contributed by atoms with van der Waals surface area (Å²) in [4.78, 5) is 28.2. The number of para-hydroxylation sites is 2. The maximum atomic E-state index is 13.1. The summed E-state index contributed by atoms with van der Waals surface area (Å²) in [6, 6.07) is 21.1. The third-order valence-electron chi connectivity index (χ3n) is 4.58. The number of carbonyl (C=O) groups excluding carboxylic acids is 1. The first-order chi connectivity index (χ1) is 14.2. The van der Waals surface area contributed by atoms with Crippen LogP contribution in [0, 0.1) is 6.92 Å². The summed E-state index contributed by atoms with van der Waals surface area (Å²) >= 11 is 0. The van der Waals surface area contributed by atoms with Crippen molar-refractivity contribution in [2.24, 2.45) is 0 Å². The number of hydrogen-bond acceptors (Lipinski definition) is 5. The summed E-state index contributed by atoms with van der Waals surface area (Å²) in [7, 11) is 0. The van der Waals surface area contributed by atoms with Gasteiger partial charge < -0.3 is 10.2 Å². The summed E-state index contributed by atoms with van der Waals surface area (Å²) in [5.41, 5.74) is 3.51. The summed E-state index contributed by atoms with van der Waals surface area (Å²) < 4.78 is 0. The van der Waals surface area contributed by atoms with Crippen molar-refractivity contribution in [3.8, 4) is 0 Å². The first-order valence-corrected chi connectivity index (χ1v) is 9.49. The molecule has 6 nitrogen and oxygen atoms in total. The fourth-order valence-electron chi connectivity index (χ4n) is 3.25. The predicted octanol–water partition coefficient (Wildman–Crippen LogP) is 4.74. The second-order valence-electron chi connectivity index (χ2n) is 6.61. The van der Waals surface area contributed by atoms with Crippen molar-refractivity contribution in [1.82, 2.24) is 15.0 Å². The maximum Gasteiger partial charge on any atom is 0.277 e. The van der Waals surface area contributed by atoms with Crippen LogP contribution in [0.25, 0.3) is 10.9 Å². The number of carbonyl (C=O) groups is 1. The van der Waals surface area contributed by atoms with Crippen LogP contribution >= 0.6 is 0 Å². The van der Waals surface area contributed by atoms with E-state index in [9.17, 15) is 4.79 Å². The molecule has 2 heterocycles. The Labute approximate surface area is 169 Å². The minimum Gasteiger partial charge on any atom is -0.322 e. The highest BCUT2D eigenvalue weighted by Crippen LogP contribution is 2.24. The van der Waals surface area contributed by atoms with Crippen LogP contribution in [0.15, 0.2) is 72.9 Å². The molecule has 0 spiro atoms. The van der Waals surface area contributed by atoms with Gasteiger partial charge in [0.2, 0.25) is 5.95 Å². The van der Waals surface area contributed by atoms with E-state index in [4.69, 9.17) is 0 Å². The van der Waals surface area contributed by atoms with Crippen LogP contribution < -0.4 is 10.2 Å². The zero-order chi connectivity index (χ0) is 20.2. The summed E-state index contributed by atoms with van der Waals surface area (Å²) in [5, 5.41) is 4.24. The molecule has 0 saturated heterocycles. The second kappa shape index (κ2) is 8.06. The lowest BCUT2D eigenvalue weighted by Gasteiger charge is -2.21. The number of aryl methyl sites for hydroxylation is 1. The molecule has 2 aromatic carbocycles. The van der Waals surface area contributed by atoms with Crippen LogP contribution in [-0.4, -0.2) is 27.4 Å². The second-order valence-corrected chi connectivity index (χ2v) is 6.61. The quantitative estimate of drug-likeness (QED) is 0.539. The van der Waals surface area contributed by atoms with Gasteiger partial charge in [-0.15, -0.1) is 0 Å². The van der Waals surface area contributed by atoms with E-state index in [0.717, 1.165) is 22.3 Å². The van der Waals surface area contributed by atoms with Gasteiger partial charge in [-0.05, 0) is 44.2 Å². The fraction of sp³-hybridized carbons (Fsp3) is 0.130. The molecule has 29 heavy (non-hydrogen) atoms. The fourth-order valence-corrected chi connectivity index (χ4v) is 3.25. The molecule has 0 unspecified atom stereocenters. The van der Waals surface area contributed by atoms with E-state index in [1.807, 2.05) is 74.5 Å². The molecule has 1 amide bonds. The van der Waals surface area contributed by atoms with E-state index >= 15 is 0 Å². The molecule has 0 aliphatic rings. The molecule has 0 aliphatic heterocycles. The smallest absolute Gasteiger partial charge is 0.277 e. The first-order valence-electron chi connectivity index (χ1n) is 9.49. The van der Waals surface area contributed by atoms with Crippen LogP contribution in [0.4, 0.5) is 17.3 Å². The minimum absolute atomic E-state index is 0.164. The van der Waals surface area contributed by atoms with Crippen LogP contribution in [-0.2, 0) is 0 Å². The number of fused-ring (bicyclic) bond motifs is 1. The summed E-state index contributed by atoms with van der Waals surface area (Å²) in [6.07, 6.45) is 1.75. The van der Waals surface area contributed by atoms with Gasteiger partial charge in [-0.25, -0.2) is 9.97 Å². The number of benzene rings is 2. The Hall–Kier alpha value is -3.80. The number of nitrogens with one attached hydrogen (secondary N) is 1.